The summed E-state index contributed by atoms with van der Waals surface area (Å²) >= 11 is 0. The fourth-order valence-corrected chi connectivity index (χ4v) is 6.13. The molecule has 0 radical (unpaired) electrons. The van der Waals surface area contributed by atoms with Crippen LogP contribution in [0.3, 0.4) is 0 Å². The first kappa shape index (κ1) is 21.0. The predicted molar refractivity (Wildman–Crippen MR) is 128 cm³/mol. The Hall–Kier alpha value is -2.90. The molecule has 4 heteroatoms. The zero-order valence-corrected chi connectivity index (χ0v) is 19.4. The Bertz CT molecular complexity index is 1250. The lowest BCUT2D eigenvalue weighted by Crippen LogP contribution is -2.33. The van der Waals surface area contributed by atoms with Crippen LogP contribution < -0.4 is 5.32 Å². The first-order valence-corrected chi connectivity index (χ1v) is 11.8. The number of aromatic nitrogens is 1. The van der Waals surface area contributed by atoms with Crippen LogP contribution in [0.1, 0.15) is 84.8 Å². The molecule has 3 aromatic rings. The Labute approximate surface area is 190 Å². The van der Waals surface area contributed by atoms with Crippen LogP contribution in [0.5, 0.6) is 0 Å². The number of carbonyl (C=O) groups excluding carboxylic acids is 1. The topological polar surface area (TPSA) is 68.7 Å². The SMILES string of the molecule is CC(C)C(c1ccc2c(c1)C(C)(C)c1[nH]c3cc(C#N)ccc3c1C2=O)C1CCNCC1. The smallest absolute Gasteiger partial charge is 0.195 e. The highest BCUT2D eigenvalue weighted by Crippen LogP contribution is 2.46. The van der Waals surface area contributed by atoms with Crippen LogP contribution in [0.15, 0.2) is 36.4 Å². The van der Waals surface area contributed by atoms with Gasteiger partial charge in [0.05, 0.1) is 17.2 Å². The van der Waals surface area contributed by atoms with Gasteiger partial charge in [-0.05, 0) is 66.9 Å². The Morgan fingerprint density at radius 3 is 2.53 bits per heavy atom. The lowest BCUT2D eigenvalue weighted by atomic mass is 9.68. The summed E-state index contributed by atoms with van der Waals surface area (Å²) in [6.45, 7) is 11.2. The van der Waals surface area contributed by atoms with Crippen LogP contribution in [0.25, 0.3) is 10.9 Å². The molecule has 4 nitrogen and oxygen atoms in total. The first-order valence-electron chi connectivity index (χ1n) is 11.8. The van der Waals surface area contributed by atoms with Gasteiger partial charge in [0, 0.05) is 27.6 Å². The molecule has 1 fully saturated rings. The van der Waals surface area contributed by atoms with Gasteiger partial charge in [0.1, 0.15) is 0 Å². The van der Waals surface area contributed by atoms with Gasteiger partial charge in [-0.3, -0.25) is 4.79 Å². The maximum Gasteiger partial charge on any atom is 0.195 e. The first-order chi connectivity index (χ1) is 15.3. The number of carbonyl (C=O) groups is 1. The molecule has 1 aliphatic heterocycles. The van der Waals surface area contributed by atoms with E-state index in [9.17, 15) is 10.1 Å². The lowest BCUT2D eigenvalue weighted by Gasteiger charge is -2.36. The number of rotatable bonds is 3. The highest BCUT2D eigenvalue weighted by Gasteiger charge is 2.40. The normalized spacial score (nSPS) is 18.9. The number of nitrogens with zero attached hydrogens (tertiary/aromatic N) is 1. The van der Waals surface area contributed by atoms with E-state index in [2.05, 4.69) is 62.3 Å². The number of nitrogens with one attached hydrogen (secondary N) is 2. The zero-order chi connectivity index (χ0) is 22.6. The van der Waals surface area contributed by atoms with E-state index in [1.54, 1.807) is 6.07 Å². The molecule has 1 aliphatic carbocycles. The van der Waals surface area contributed by atoms with Crippen molar-refractivity contribution in [3.05, 3.63) is 69.9 Å². The molecule has 1 unspecified atom stereocenters. The summed E-state index contributed by atoms with van der Waals surface area (Å²) in [4.78, 5) is 17.2. The van der Waals surface area contributed by atoms with Crippen molar-refractivity contribution in [2.75, 3.05) is 13.1 Å². The molecule has 0 bridgehead atoms. The molecule has 2 aromatic carbocycles. The average molecular weight is 426 g/mol. The van der Waals surface area contributed by atoms with Crippen LogP contribution >= 0.6 is 0 Å². The molecule has 0 saturated carbocycles. The Morgan fingerprint density at radius 2 is 1.84 bits per heavy atom. The molecule has 2 aliphatic rings. The third-order valence-corrected chi connectivity index (χ3v) is 7.74. The summed E-state index contributed by atoms with van der Waals surface area (Å²) in [6, 6.07) is 14.3. The lowest BCUT2D eigenvalue weighted by molar-refractivity contribution is 0.103. The van der Waals surface area contributed by atoms with E-state index in [-0.39, 0.29) is 11.2 Å². The largest absolute Gasteiger partial charge is 0.357 e. The molecule has 5 rings (SSSR count). The fraction of sp³-hybridized carbons (Fsp3) is 0.429. The maximum absolute atomic E-state index is 13.6. The van der Waals surface area contributed by atoms with Crippen LogP contribution in [-0.2, 0) is 5.41 Å². The second kappa shape index (κ2) is 7.60. The molecule has 1 atom stereocenters. The van der Waals surface area contributed by atoms with Crippen molar-refractivity contribution in [2.24, 2.45) is 11.8 Å². The average Bonchev–Trinajstić information content (AvgIpc) is 3.18. The van der Waals surface area contributed by atoms with E-state index in [1.165, 1.54) is 18.4 Å². The van der Waals surface area contributed by atoms with Crippen LogP contribution in [-0.4, -0.2) is 23.9 Å². The molecule has 0 spiro atoms. The van der Waals surface area contributed by atoms with E-state index >= 15 is 0 Å². The Balaban J connectivity index is 1.65. The van der Waals surface area contributed by atoms with Crippen molar-refractivity contribution >= 4 is 16.7 Å². The highest BCUT2D eigenvalue weighted by molar-refractivity contribution is 6.20. The molecular weight excluding hydrogens is 394 g/mol. The number of piperidine rings is 1. The number of H-pyrrole nitrogens is 1. The number of hydrogen-bond acceptors (Lipinski definition) is 3. The monoisotopic (exact) mass is 425 g/mol. The van der Waals surface area contributed by atoms with Gasteiger partial charge in [0.2, 0.25) is 0 Å². The fourth-order valence-electron chi connectivity index (χ4n) is 6.13. The molecule has 1 saturated heterocycles. The van der Waals surface area contributed by atoms with Crippen molar-refractivity contribution in [3.63, 3.8) is 0 Å². The predicted octanol–water partition coefficient (Wildman–Crippen LogP) is 5.65. The van der Waals surface area contributed by atoms with Crippen molar-refractivity contribution in [3.8, 4) is 6.07 Å². The summed E-state index contributed by atoms with van der Waals surface area (Å²) in [6.07, 6.45) is 2.41. The number of nitriles is 1. The van der Waals surface area contributed by atoms with Crippen molar-refractivity contribution in [1.29, 1.82) is 5.26 Å². The highest BCUT2D eigenvalue weighted by atomic mass is 16.1. The van der Waals surface area contributed by atoms with Crippen LogP contribution in [0.4, 0.5) is 0 Å². The van der Waals surface area contributed by atoms with Gasteiger partial charge >= 0.3 is 0 Å². The minimum atomic E-state index is -0.323. The second-order valence-corrected chi connectivity index (χ2v) is 10.4. The number of ketones is 1. The Morgan fingerprint density at radius 1 is 1.09 bits per heavy atom. The molecule has 0 amide bonds. The minimum absolute atomic E-state index is 0.0831. The Kier molecular flexibility index (Phi) is 4.98. The summed E-state index contributed by atoms with van der Waals surface area (Å²) in [5, 5.41) is 13.7. The van der Waals surface area contributed by atoms with Crippen molar-refractivity contribution in [1.82, 2.24) is 10.3 Å². The van der Waals surface area contributed by atoms with Gasteiger partial charge in [-0.25, -0.2) is 0 Å². The third kappa shape index (κ3) is 3.11. The van der Waals surface area contributed by atoms with Crippen LogP contribution in [0.2, 0.25) is 0 Å². The van der Waals surface area contributed by atoms with E-state index in [4.69, 9.17) is 0 Å². The van der Waals surface area contributed by atoms with Crippen molar-refractivity contribution in [2.45, 2.75) is 51.9 Å². The molecule has 1 aromatic heterocycles. The van der Waals surface area contributed by atoms with Gasteiger partial charge in [-0.2, -0.15) is 5.26 Å². The number of hydrogen-bond donors (Lipinski definition) is 2. The standard InChI is InChI=1S/C28H31N3O/c1-16(2)24(18-9-11-30-12-10-18)19-6-8-20-22(14-19)28(3,4)27-25(26(20)32)21-7-5-17(15-29)13-23(21)31-27/h5-8,13-14,16,18,24,30-31H,9-12H2,1-4H3. The molecule has 2 N–H and O–H groups in total. The number of fused-ring (bicyclic) bond motifs is 4. The maximum atomic E-state index is 13.6. The zero-order valence-electron chi connectivity index (χ0n) is 19.4. The minimum Gasteiger partial charge on any atom is -0.357 e. The summed E-state index contributed by atoms with van der Waals surface area (Å²) < 4.78 is 0. The van der Waals surface area contributed by atoms with E-state index in [1.807, 2.05) is 12.1 Å². The quantitative estimate of drug-likeness (QED) is 0.570. The summed E-state index contributed by atoms with van der Waals surface area (Å²) in [5.74, 6) is 1.80. The third-order valence-electron chi connectivity index (χ3n) is 7.74. The van der Waals surface area contributed by atoms with Crippen molar-refractivity contribution < 1.29 is 4.79 Å². The second-order valence-electron chi connectivity index (χ2n) is 10.4. The number of aromatic amines is 1. The van der Waals surface area contributed by atoms with E-state index in [0.29, 0.717) is 23.3 Å². The van der Waals surface area contributed by atoms with E-state index in [0.717, 1.165) is 46.4 Å². The summed E-state index contributed by atoms with van der Waals surface area (Å²) in [5.41, 5.74) is 6.13. The van der Waals surface area contributed by atoms with Crippen LogP contribution in [0, 0.1) is 23.2 Å². The molecule has 164 valence electrons. The molecule has 32 heavy (non-hydrogen) atoms. The summed E-state index contributed by atoms with van der Waals surface area (Å²) in [7, 11) is 0. The van der Waals surface area contributed by atoms with Gasteiger partial charge in [-0.1, -0.05) is 52.0 Å². The molecular formula is C28H31N3O. The number of benzene rings is 2. The molecule has 2 heterocycles. The van der Waals surface area contributed by atoms with E-state index < -0.39 is 0 Å². The van der Waals surface area contributed by atoms with Gasteiger partial charge < -0.3 is 10.3 Å². The van der Waals surface area contributed by atoms with Gasteiger partial charge in [-0.15, -0.1) is 0 Å². The van der Waals surface area contributed by atoms with Gasteiger partial charge in [0.15, 0.2) is 5.78 Å². The van der Waals surface area contributed by atoms with Gasteiger partial charge in [0.25, 0.3) is 0 Å².